The number of para-hydroxylation sites is 4. The summed E-state index contributed by atoms with van der Waals surface area (Å²) in [5, 5.41) is 9.90. The minimum absolute atomic E-state index is 0.907. The van der Waals surface area contributed by atoms with Gasteiger partial charge >= 0.3 is 0 Å². The van der Waals surface area contributed by atoms with Crippen LogP contribution in [0, 0.1) is 0 Å². The fourth-order valence-electron chi connectivity index (χ4n) is 8.04. The summed E-state index contributed by atoms with van der Waals surface area (Å²) in [6, 6.07) is 57.1. The summed E-state index contributed by atoms with van der Waals surface area (Å²) in [5.74, 6) is 0. The second-order valence-electron chi connectivity index (χ2n) is 12.5. The molecule has 3 nitrogen and oxygen atoms in total. The van der Waals surface area contributed by atoms with Crippen molar-refractivity contribution in [2.45, 2.75) is 0 Å². The Labute approximate surface area is 269 Å². The van der Waals surface area contributed by atoms with Gasteiger partial charge in [0.2, 0.25) is 0 Å². The van der Waals surface area contributed by atoms with Crippen molar-refractivity contribution in [2.75, 3.05) is 0 Å². The topological polar surface area (TPSA) is 23.0 Å². The molecule has 8 aromatic carbocycles. The first-order valence-electron chi connectivity index (χ1n) is 16.1. The normalized spacial score (nSPS) is 12.3. The van der Waals surface area contributed by atoms with Crippen LogP contribution in [0.2, 0.25) is 0 Å². The van der Waals surface area contributed by atoms with E-state index in [2.05, 4.69) is 161 Å². The molecule has 0 spiro atoms. The number of rotatable bonds is 3. The van der Waals surface area contributed by atoms with E-state index in [1.165, 1.54) is 60.2 Å². The third kappa shape index (κ3) is 3.35. The number of nitrogens with zero attached hydrogens (tertiary/aromatic N) is 2. The van der Waals surface area contributed by atoms with Crippen LogP contribution >= 0.6 is 0 Å². The van der Waals surface area contributed by atoms with Crippen molar-refractivity contribution in [3.8, 4) is 22.5 Å². The number of furan rings is 1. The molecule has 3 aromatic heterocycles. The minimum atomic E-state index is 0.907. The molecule has 0 saturated carbocycles. The molecule has 0 aliphatic rings. The van der Waals surface area contributed by atoms with E-state index in [0.29, 0.717) is 0 Å². The Hall–Kier alpha value is -6.32. The van der Waals surface area contributed by atoms with E-state index in [-0.39, 0.29) is 0 Å². The highest BCUT2D eigenvalue weighted by atomic mass is 16.3. The van der Waals surface area contributed by atoms with Crippen LogP contribution in [0.25, 0.3) is 98.8 Å². The van der Waals surface area contributed by atoms with Crippen LogP contribution in [0.4, 0.5) is 0 Å². The van der Waals surface area contributed by atoms with Gasteiger partial charge in [-0.25, -0.2) is 0 Å². The third-order valence-electron chi connectivity index (χ3n) is 10.0. The maximum Gasteiger partial charge on any atom is 0.159 e. The first-order valence-corrected chi connectivity index (χ1v) is 16.1. The molecule has 0 atom stereocenters. The Morgan fingerprint density at radius 3 is 2.04 bits per heavy atom. The third-order valence-corrected chi connectivity index (χ3v) is 10.0. The van der Waals surface area contributed by atoms with Gasteiger partial charge in [0.15, 0.2) is 5.58 Å². The molecule has 0 saturated heterocycles. The number of fused-ring (bicyclic) bond motifs is 6. The van der Waals surface area contributed by atoms with Gasteiger partial charge in [0.25, 0.3) is 0 Å². The standard InChI is InChI=1S/C44H26N2O/c1-2-11-31(12-3-1)45-38-17-8-10-27-20-21-29-24-30(26-40(45)43(29)42(27)38)28-22-23-37-35(25-28)32-13-4-6-16-36(32)46(37)39-18-9-15-34-33-14-5-7-19-41(33)47-44(34)39/h1-26H. The second-order valence-corrected chi connectivity index (χ2v) is 12.5. The molecule has 0 unspecified atom stereocenters. The number of aromatic nitrogens is 2. The molecule has 0 aliphatic heterocycles. The minimum Gasteiger partial charge on any atom is -0.454 e. The number of hydrogen-bond acceptors (Lipinski definition) is 1. The van der Waals surface area contributed by atoms with Crippen LogP contribution in [0.15, 0.2) is 162 Å². The highest BCUT2D eigenvalue weighted by molar-refractivity contribution is 6.25. The highest BCUT2D eigenvalue weighted by Crippen LogP contribution is 2.43. The Morgan fingerprint density at radius 2 is 1.11 bits per heavy atom. The van der Waals surface area contributed by atoms with Crippen molar-refractivity contribution in [1.29, 1.82) is 0 Å². The Morgan fingerprint density at radius 1 is 0.383 bits per heavy atom. The molecular weight excluding hydrogens is 572 g/mol. The molecule has 0 bridgehead atoms. The van der Waals surface area contributed by atoms with Gasteiger partial charge < -0.3 is 13.6 Å². The SMILES string of the molecule is c1ccc(-n2c3cccc4ccc5cc(-c6ccc7c(c6)c6ccccc6n7-c6cccc7c6oc6ccccc67)cc2c5c43)cc1. The van der Waals surface area contributed by atoms with Crippen molar-refractivity contribution in [2.24, 2.45) is 0 Å². The molecule has 0 radical (unpaired) electrons. The van der Waals surface area contributed by atoms with Gasteiger partial charge in [0.05, 0.1) is 27.8 Å². The summed E-state index contributed by atoms with van der Waals surface area (Å²) in [6.07, 6.45) is 0. The van der Waals surface area contributed by atoms with Crippen molar-refractivity contribution >= 4 is 76.3 Å². The van der Waals surface area contributed by atoms with Crippen LogP contribution in [-0.4, -0.2) is 9.13 Å². The molecule has 0 fully saturated rings. The zero-order valence-electron chi connectivity index (χ0n) is 25.3. The second kappa shape index (κ2) is 9.12. The molecule has 0 aliphatic carbocycles. The van der Waals surface area contributed by atoms with Gasteiger partial charge in [-0.2, -0.15) is 0 Å². The lowest BCUT2D eigenvalue weighted by Crippen LogP contribution is -1.94. The Bertz CT molecular complexity index is 3010. The molecule has 0 amide bonds. The predicted octanol–water partition coefficient (Wildman–Crippen LogP) is 12.0. The van der Waals surface area contributed by atoms with Crippen LogP contribution in [0.5, 0.6) is 0 Å². The number of benzene rings is 8. The lowest BCUT2D eigenvalue weighted by Gasteiger charge is -2.11. The van der Waals surface area contributed by atoms with Gasteiger partial charge in [0.1, 0.15) is 5.58 Å². The molecule has 47 heavy (non-hydrogen) atoms. The van der Waals surface area contributed by atoms with E-state index < -0.39 is 0 Å². The highest BCUT2D eigenvalue weighted by Gasteiger charge is 2.20. The van der Waals surface area contributed by atoms with E-state index in [9.17, 15) is 0 Å². The largest absolute Gasteiger partial charge is 0.454 e. The first-order chi connectivity index (χ1) is 23.3. The average molecular weight is 599 g/mol. The van der Waals surface area contributed by atoms with Gasteiger partial charge in [-0.1, -0.05) is 97.1 Å². The summed E-state index contributed by atoms with van der Waals surface area (Å²) in [7, 11) is 0. The van der Waals surface area contributed by atoms with E-state index in [1.54, 1.807) is 0 Å². The van der Waals surface area contributed by atoms with Crippen LogP contribution in [0.3, 0.4) is 0 Å². The smallest absolute Gasteiger partial charge is 0.159 e. The van der Waals surface area contributed by atoms with Crippen molar-refractivity contribution in [3.05, 3.63) is 158 Å². The lowest BCUT2D eigenvalue weighted by molar-refractivity contribution is 0.666. The van der Waals surface area contributed by atoms with Gasteiger partial charge in [-0.15, -0.1) is 0 Å². The molecule has 3 heterocycles. The first kappa shape index (κ1) is 24.9. The summed E-state index contributed by atoms with van der Waals surface area (Å²) >= 11 is 0. The quantitative estimate of drug-likeness (QED) is 0.186. The zero-order chi connectivity index (χ0) is 30.6. The fourth-order valence-corrected chi connectivity index (χ4v) is 8.04. The molecule has 218 valence electrons. The van der Waals surface area contributed by atoms with Crippen LogP contribution in [0.1, 0.15) is 0 Å². The van der Waals surface area contributed by atoms with Gasteiger partial charge in [0, 0.05) is 38.0 Å². The molecule has 11 rings (SSSR count). The maximum atomic E-state index is 6.51. The summed E-state index contributed by atoms with van der Waals surface area (Å²) < 4.78 is 11.3. The van der Waals surface area contributed by atoms with Crippen molar-refractivity contribution in [1.82, 2.24) is 9.13 Å². The average Bonchev–Trinajstić information content (AvgIpc) is 3.79. The molecule has 3 heteroatoms. The summed E-state index contributed by atoms with van der Waals surface area (Å²) in [5.41, 5.74) is 11.2. The fraction of sp³-hybridized carbons (Fsp3) is 0. The Balaban J connectivity index is 1.18. The molecule has 11 aromatic rings. The predicted molar refractivity (Wildman–Crippen MR) is 197 cm³/mol. The van der Waals surface area contributed by atoms with Crippen LogP contribution in [-0.2, 0) is 0 Å². The number of hydrogen-bond donors (Lipinski definition) is 0. The monoisotopic (exact) mass is 598 g/mol. The summed E-state index contributed by atoms with van der Waals surface area (Å²) in [4.78, 5) is 0. The van der Waals surface area contributed by atoms with Gasteiger partial charge in [-0.3, -0.25) is 0 Å². The van der Waals surface area contributed by atoms with Gasteiger partial charge in [-0.05, 0) is 82.6 Å². The zero-order valence-corrected chi connectivity index (χ0v) is 25.3. The molecule has 0 N–H and O–H groups in total. The van der Waals surface area contributed by atoms with E-state index in [4.69, 9.17) is 4.42 Å². The Kier molecular flexibility index (Phi) is 4.84. The molecular formula is C44H26N2O. The van der Waals surface area contributed by atoms with E-state index in [1.807, 2.05) is 6.07 Å². The van der Waals surface area contributed by atoms with Crippen molar-refractivity contribution in [3.63, 3.8) is 0 Å². The van der Waals surface area contributed by atoms with Crippen molar-refractivity contribution < 1.29 is 4.42 Å². The maximum absolute atomic E-state index is 6.51. The lowest BCUT2D eigenvalue weighted by atomic mass is 9.96. The van der Waals surface area contributed by atoms with Crippen LogP contribution < -0.4 is 0 Å². The van der Waals surface area contributed by atoms with E-state index in [0.717, 1.165) is 38.7 Å². The van der Waals surface area contributed by atoms with E-state index >= 15 is 0 Å². The summed E-state index contributed by atoms with van der Waals surface area (Å²) in [6.45, 7) is 0.